The van der Waals surface area contributed by atoms with Crippen LogP contribution in [0.15, 0.2) is 34.9 Å². The maximum atomic E-state index is 5.60. The van der Waals surface area contributed by atoms with Crippen molar-refractivity contribution in [3.63, 3.8) is 0 Å². The lowest BCUT2D eigenvalue weighted by Gasteiger charge is -2.05. The van der Waals surface area contributed by atoms with Crippen molar-refractivity contribution in [1.82, 2.24) is 19.9 Å². The normalized spacial score (nSPS) is 14.2. The molecule has 0 radical (unpaired) electrons. The number of aromatic nitrogens is 4. The maximum absolute atomic E-state index is 5.60. The predicted molar refractivity (Wildman–Crippen MR) is 92.9 cm³/mol. The zero-order valence-corrected chi connectivity index (χ0v) is 14.6. The molecule has 1 fully saturated rings. The molecule has 2 aromatic heterocycles. The minimum absolute atomic E-state index is 0.384. The van der Waals surface area contributed by atoms with Gasteiger partial charge < -0.3 is 9.26 Å². The molecule has 0 spiro atoms. The summed E-state index contributed by atoms with van der Waals surface area (Å²) >= 11 is 0. The Balaban J connectivity index is 1.45. The molecule has 2 heterocycles. The number of aryl methyl sites for hydroxylation is 2. The van der Waals surface area contributed by atoms with Crippen LogP contribution in [0.1, 0.15) is 35.7 Å². The summed E-state index contributed by atoms with van der Waals surface area (Å²) in [6.07, 6.45) is 2.55. The van der Waals surface area contributed by atoms with Gasteiger partial charge in [-0.1, -0.05) is 23.4 Å². The van der Waals surface area contributed by atoms with E-state index in [-0.39, 0.29) is 0 Å². The summed E-state index contributed by atoms with van der Waals surface area (Å²) in [5, 5.41) is 8.60. The Kier molecular flexibility index (Phi) is 4.36. The van der Waals surface area contributed by atoms with Gasteiger partial charge in [0.05, 0.1) is 18.8 Å². The van der Waals surface area contributed by atoms with E-state index in [9.17, 15) is 0 Å². The molecule has 4 rings (SSSR count). The minimum atomic E-state index is 0.384. The third-order valence-corrected chi connectivity index (χ3v) is 4.36. The van der Waals surface area contributed by atoms with Crippen LogP contribution in [-0.2, 0) is 17.9 Å². The topological polar surface area (TPSA) is 66.0 Å². The molecule has 0 saturated heterocycles. The standard InChI is InChI=1S/C19H22N4O2/c1-13-8-14(2)23(21-13)10-16-4-3-5-17(9-16)19-20-18(25-22-19)12-24-11-15-6-7-15/h3-5,8-9,15H,6-7,10-12H2,1-2H3. The van der Waals surface area contributed by atoms with Crippen LogP contribution >= 0.6 is 0 Å². The van der Waals surface area contributed by atoms with Crippen molar-refractivity contribution in [3.8, 4) is 11.4 Å². The van der Waals surface area contributed by atoms with E-state index in [2.05, 4.69) is 40.4 Å². The molecule has 130 valence electrons. The lowest BCUT2D eigenvalue weighted by atomic mass is 10.1. The highest BCUT2D eigenvalue weighted by molar-refractivity contribution is 5.55. The first-order valence-corrected chi connectivity index (χ1v) is 8.68. The van der Waals surface area contributed by atoms with Gasteiger partial charge in [-0.15, -0.1) is 0 Å². The number of rotatable bonds is 7. The summed E-state index contributed by atoms with van der Waals surface area (Å²) < 4.78 is 12.9. The molecule has 6 nitrogen and oxygen atoms in total. The SMILES string of the molecule is Cc1cc(C)n(Cc2cccc(-c3noc(COCC4CC4)n3)c2)n1. The van der Waals surface area contributed by atoms with Crippen LogP contribution in [0, 0.1) is 19.8 Å². The number of hydrogen-bond acceptors (Lipinski definition) is 5. The summed E-state index contributed by atoms with van der Waals surface area (Å²) in [4.78, 5) is 4.44. The van der Waals surface area contributed by atoms with E-state index in [0.29, 0.717) is 18.3 Å². The number of benzene rings is 1. The molecule has 0 bridgehead atoms. The Morgan fingerprint density at radius 2 is 2.12 bits per heavy atom. The molecule has 0 aliphatic heterocycles. The molecular formula is C19H22N4O2. The van der Waals surface area contributed by atoms with Gasteiger partial charge in [0.2, 0.25) is 5.82 Å². The molecule has 1 aromatic carbocycles. The van der Waals surface area contributed by atoms with E-state index in [1.54, 1.807) is 0 Å². The zero-order valence-electron chi connectivity index (χ0n) is 14.6. The average molecular weight is 338 g/mol. The van der Waals surface area contributed by atoms with Crippen molar-refractivity contribution in [2.75, 3.05) is 6.61 Å². The summed E-state index contributed by atoms with van der Waals surface area (Å²) in [5.74, 6) is 1.85. The number of hydrogen-bond donors (Lipinski definition) is 0. The van der Waals surface area contributed by atoms with Crippen molar-refractivity contribution < 1.29 is 9.26 Å². The Bertz CT molecular complexity index is 864. The van der Waals surface area contributed by atoms with Gasteiger partial charge in [0.15, 0.2) is 0 Å². The highest BCUT2D eigenvalue weighted by Crippen LogP contribution is 2.29. The largest absolute Gasteiger partial charge is 0.371 e. The maximum Gasteiger partial charge on any atom is 0.252 e. The Morgan fingerprint density at radius 1 is 1.24 bits per heavy atom. The van der Waals surface area contributed by atoms with Crippen molar-refractivity contribution in [3.05, 3.63) is 53.2 Å². The molecule has 0 N–H and O–H groups in total. The lowest BCUT2D eigenvalue weighted by molar-refractivity contribution is 0.0894. The van der Waals surface area contributed by atoms with Crippen LogP contribution in [0.25, 0.3) is 11.4 Å². The van der Waals surface area contributed by atoms with Crippen LogP contribution in [0.3, 0.4) is 0 Å². The monoisotopic (exact) mass is 338 g/mol. The lowest BCUT2D eigenvalue weighted by Crippen LogP contribution is -2.04. The number of nitrogens with zero attached hydrogens (tertiary/aromatic N) is 4. The molecule has 0 amide bonds. The smallest absolute Gasteiger partial charge is 0.252 e. The fourth-order valence-electron chi connectivity index (χ4n) is 2.84. The van der Waals surface area contributed by atoms with E-state index in [4.69, 9.17) is 9.26 Å². The first-order valence-electron chi connectivity index (χ1n) is 8.68. The molecular weight excluding hydrogens is 316 g/mol. The van der Waals surface area contributed by atoms with Crippen LogP contribution in [-0.4, -0.2) is 26.5 Å². The van der Waals surface area contributed by atoms with Gasteiger partial charge in [-0.05, 0) is 50.3 Å². The van der Waals surface area contributed by atoms with Crippen molar-refractivity contribution in [2.45, 2.75) is 39.8 Å². The number of ether oxygens (including phenoxy) is 1. The van der Waals surface area contributed by atoms with Crippen LogP contribution < -0.4 is 0 Å². The van der Waals surface area contributed by atoms with Gasteiger partial charge in [-0.25, -0.2) is 0 Å². The second-order valence-electron chi connectivity index (χ2n) is 6.76. The van der Waals surface area contributed by atoms with Gasteiger partial charge in [-0.2, -0.15) is 10.1 Å². The Hall–Kier alpha value is -2.47. The van der Waals surface area contributed by atoms with Crippen LogP contribution in [0.4, 0.5) is 0 Å². The van der Waals surface area contributed by atoms with Crippen molar-refractivity contribution in [2.24, 2.45) is 5.92 Å². The molecule has 6 heteroatoms. The first kappa shape index (κ1) is 16.0. The van der Waals surface area contributed by atoms with E-state index >= 15 is 0 Å². The summed E-state index contributed by atoms with van der Waals surface area (Å²) in [6.45, 7) is 5.97. The second kappa shape index (κ2) is 6.80. The average Bonchev–Trinajstić information content (AvgIpc) is 3.20. The molecule has 1 aliphatic carbocycles. The van der Waals surface area contributed by atoms with Crippen LogP contribution in [0.5, 0.6) is 0 Å². The minimum Gasteiger partial charge on any atom is -0.371 e. The molecule has 0 atom stereocenters. The van der Waals surface area contributed by atoms with Gasteiger partial charge >= 0.3 is 0 Å². The Morgan fingerprint density at radius 3 is 2.88 bits per heavy atom. The molecule has 0 unspecified atom stereocenters. The fraction of sp³-hybridized carbons (Fsp3) is 0.421. The highest BCUT2D eigenvalue weighted by atomic mass is 16.5. The fourth-order valence-corrected chi connectivity index (χ4v) is 2.84. The third-order valence-electron chi connectivity index (χ3n) is 4.36. The van der Waals surface area contributed by atoms with Gasteiger partial charge in [0.1, 0.15) is 6.61 Å². The highest BCUT2D eigenvalue weighted by Gasteiger charge is 2.21. The summed E-state index contributed by atoms with van der Waals surface area (Å²) in [5.41, 5.74) is 4.27. The van der Waals surface area contributed by atoms with E-state index in [0.717, 1.165) is 41.6 Å². The zero-order chi connectivity index (χ0) is 17.2. The first-order chi connectivity index (χ1) is 12.2. The van der Waals surface area contributed by atoms with E-state index < -0.39 is 0 Å². The molecule has 25 heavy (non-hydrogen) atoms. The van der Waals surface area contributed by atoms with E-state index in [1.165, 1.54) is 12.8 Å². The van der Waals surface area contributed by atoms with Crippen molar-refractivity contribution >= 4 is 0 Å². The third kappa shape index (κ3) is 3.96. The Labute approximate surface area is 146 Å². The van der Waals surface area contributed by atoms with Gasteiger partial charge in [0, 0.05) is 11.3 Å². The molecule has 1 saturated carbocycles. The predicted octanol–water partition coefficient (Wildman–Crippen LogP) is 3.52. The summed E-state index contributed by atoms with van der Waals surface area (Å²) in [6, 6.07) is 10.2. The summed E-state index contributed by atoms with van der Waals surface area (Å²) in [7, 11) is 0. The molecule has 1 aliphatic rings. The second-order valence-corrected chi connectivity index (χ2v) is 6.76. The van der Waals surface area contributed by atoms with E-state index in [1.807, 2.05) is 23.7 Å². The van der Waals surface area contributed by atoms with Gasteiger partial charge in [-0.3, -0.25) is 4.68 Å². The van der Waals surface area contributed by atoms with Crippen LogP contribution in [0.2, 0.25) is 0 Å². The van der Waals surface area contributed by atoms with Gasteiger partial charge in [0.25, 0.3) is 5.89 Å². The van der Waals surface area contributed by atoms with Crippen molar-refractivity contribution in [1.29, 1.82) is 0 Å². The quantitative estimate of drug-likeness (QED) is 0.659. The molecule has 3 aromatic rings.